The fraction of sp³-hybridized carbons (Fsp3) is 0.385. The minimum atomic E-state index is -0.388. The van der Waals surface area contributed by atoms with E-state index in [1.54, 1.807) is 12.1 Å². The van der Waals surface area contributed by atoms with Crippen LogP contribution in [-0.4, -0.2) is 40.7 Å². The Bertz CT molecular complexity index is 531. The van der Waals surface area contributed by atoms with E-state index >= 15 is 0 Å². The van der Waals surface area contributed by atoms with Crippen LogP contribution in [0, 0.1) is 5.92 Å². The SMILES string of the molecule is O=C(NCCN1C(=O)c2cccnc2C1=O)C1CC1. The van der Waals surface area contributed by atoms with Gasteiger partial charge in [0.05, 0.1) is 5.56 Å². The van der Waals surface area contributed by atoms with Crippen LogP contribution < -0.4 is 5.32 Å². The van der Waals surface area contributed by atoms with Gasteiger partial charge in [0.15, 0.2) is 0 Å². The second-order valence-corrected chi connectivity index (χ2v) is 4.73. The number of fused-ring (bicyclic) bond motifs is 1. The molecule has 0 radical (unpaired) electrons. The van der Waals surface area contributed by atoms with Crippen LogP contribution in [0.3, 0.4) is 0 Å². The summed E-state index contributed by atoms with van der Waals surface area (Å²) >= 11 is 0. The first-order valence-electron chi connectivity index (χ1n) is 6.27. The first-order chi connectivity index (χ1) is 9.18. The standard InChI is InChI=1S/C13H13N3O3/c17-11(8-3-4-8)15-6-7-16-12(18)9-2-1-5-14-10(9)13(16)19/h1-2,5,8H,3-4,6-7H2,(H,15,17). The van der Waals surface area contributed by atoms with E-state index in [1.807, 2.05) is 0 Å². The van der Waals surface area contributed by atoms with E-state index in [9.17, 15) is 14.4 Å². The van der Waals surface area contributed by atoms with E-state index in [-0.39, 0.29) is 35.9 Å². The van der Waals surface area contributed by atoms with Gasteiger partial charge in [0.1, 0.15) is 5.69 Å². The molecule has 3 rings (SSSR count). The number of imide groups is 1. The highest BCUT2D eigenvalue weighted by Crippen LogP contribution is 2.28. The average Bonchev–Trinajstić information content (AvgIpc) is 3.23. The number of rotatable bonds is 4. The smallest absolute Gasteiger partial charge is 0.280 e. The molecule has 19 heavy (non-hydrogen) atoms. The maximum absolute atomic E-state index is 12.0. The van der Waals surface area contributed by atoms with Crippen molar-refractivity contribution in [2.45, 2.75) is 12.8 Å². The monoisotopic (exact) mass is 259 g/mol. The van der Waals surface area contributed by atoms with Crippen LogP contribution in [0.2, 0.25) is 0 Å². The molecule has 1 saturated carbocycles. The Balaban J connectivity index is 1.62. The van der Waals surface area contributed by atoms with Crippen LogP contribution in [0.5, 0.6) is 0 Å². The summed E-state index contributed by atoms with van der Waals surface area (Å²) in [5.74, 6) is -0.589. The number of nitrogens with zero attached hydrogens (tertiary/aromatic N) is 2. The molecule has 1 aromatic heterocycles. The topological polar surface area (TPSA) is 79.4 Å². The molecule has 0 spiro atoms. The number of aromatic nitrogens is 1. The van der Waals surface area contributed by atoms with Gasteiger partial charge in [-0.15, -0.1) is 0 Å². The second kappa shape index (κ2) is 4.46. The highest BCUT2D eigenvalue weighted by Gasteiger charge is 2.36. The minimum Gasteiger partial charge on any atom is -0.354 e. The Morgan fingerprint density at radius 3 is 2.84 bits per heavy atom. The van der Waals surface area contributed by atoms with Crippen molar-refractivity contribution in [1.29, 1.82) is 0 Å². The predicted octanol–water partition coefficient (Wildman–Crippen LogP) is 0.204. The molecule has 1 fully saturated rings. The molecule has 6 nitrogen and oxygen atoms in total. The van der Waals surface area contributed by atoms with Gasteiger partial charge in [-0.2, -0.15) is 0 Å². The summed E-state index contributed by atoms with van der Waals surface area (Å²) in [5, 5.41) is 2.73. The normalized spacial score (nSPS) is 17.6. The highest BCUT2D eigenvalue weighted by molar-refractivity contribution is 6.20. The Morgan fingerprint density at radius 1 is 1.37 bits per heavy atom. The molecule has 3 amide bonds. The predicted molar refractivity (Wildman–Crippen MR) is 65.3 cm³/mol. The summed E-state index contributed by atoms with van der Waals surface area (Å²) in [7, 11) is 0. The third-order valence-corrected chi connectivity index (χ3v) is 3.31. The second-order valence-electron chi connectivity index (χ2n) is 4.73. The third-order valence-electron chi connectivity index (χ3n) is 3.31. The maximum atomic E-state index is 12.0. The van der Waals surface area contributed by atoms with Crippen molar-refractivity contribution in [1.82, 2.24) is 15.2 Å². The van der Waals surface area contributed by atoms with Gasteiger partial charge >= 0.3 is 0 Å². The number of hydrogen-bond acceptors (Lipinski definition) is 4. The van der Waals surface area contributed by atoms with Crippen molar-refractivity contribution in [3.05, 3.63) is 29.6 Å². The van der Waals surface area contributed by atoms with Crippen molar-refractivity contribution in [2.24, 2.45) is 5.92 Å². The number of pyridine rings is 1. The summed E-state index contributed by atoms with van der Waals surface area (Å²) in [4.78, 5) is 40.4. The largest absolute Gasteiger partial charge is 0.354 e. The average molecular weight is 259 g/mol. The van der Waals surface area contributed by atoms with Crippen LogP contribution >= 0.6 is 0 Å². The summed E-state index contributed by atoms with van der Waals surface area (Å²) in [6, 6.07) is 3.22. The summed E-state index contributed by atoms with van der Waals surface area (Å²) in [5.41, 5.74) is 0.530. The van der Waals surface area contributed by atoms with Gasteiger partial charge in [0, 0.05) is 25.2 Å². The molecular weight excluding hydrogens is 246 g/mol. The lowest BCUT2D eigenvalue weighted by atomic mass is 10.2. The molecule has 2 aliphatic rings. The Morgan fingerprint density at radius 2 is 2.16 bits per heavy atom. The van der Waals surface area contributed by atoms with Gasteiger partial charge < -0.3 is 5.32 Å². The quantitative estimate of drug-likeness (QED) is 0.784. The molecule has 1 N–H and O–H groups in total. The van der Waals surface area contributed by atoms with Gasteiger partial charge in [-0.3, -0.25) is 24.3 Å². The van der Waals surface area contributed by atoms with Crippen LogP contribution in [0.15, 0.2) is 18.3 Å². The zero-order valence-corrected chi connectivity index (χ0v) is 10.3. The van der Waals surface area contributed by atoms with Crippen LogP contribution in [0.25, 0.3) is 0 Å². The molecule has 0 unspecified atom stereocenters. The van der Waals surface area contributed by atoms with Gasteiger partial charge in [0.25, 0.3) is 11.8 Å². The molecule has 0 atom stereocenters. The molecule has 6 heteroatoms. The molecule has 1 aliphatic heterocycles. The number of carbonyl (C=O) groups excluding carboxylic acids is 3. The third kappa shape index (κ3) is 2.09. The molecule has 2 heterocycles. The first-order valence-corrected chi connectivity index (χ1v) is 6.27. The molecule has 0 bridgehead atoms. The maximum Gasteiger partial charge on any atom is 0.280 e. The fourth-order valence-corrected chi connectivity index (χ4v) is 2.10. The van der Waals surface area contributed by atoms with Crippen LogP contribution in [0.4, 0.5) is 0 Å². The van der Waals surface area contributed by atoms with E-state index < -0.39 is 0 Å². The fourth-order valence-electron chi connectivity index (χ4n) is 2.10. The number of amides is 3. The lowest BCUT2D eigenvalue weighted by Gasteiger charge is -2.13. The highest BCUT2D eigenvalue weighted by atomic mass is 16.2. The van der Waals surface area contributed by atoms with Crippen LogP contribution in [0.1, 0.15) is 33.7 Å². The Kier molecular flexibility index (Phi) is 2.77. The molecule has 0 saturated heterocycles. The lowest BCUT2D eigenvalue weighted by Crippen LogP contribution is -2.38. The Labute approximate surface area is 109 Å². The van der Waals surface area contributed by atoms with Crippen molar-refractivity contribution >= 4 is 17.7 Å². The van der Waals surface area contributed by atoms with E-state index in [1.165, 1.54) is 6.20 Å². The molecule has 1 aromatic rings. The summed E-state index contributed by atoms with van der Waals surface area (Å²) < 4.78 is 0. The molecule has 0 aromatic carbocycles. The zero-order valence-electron chi connectivity index (χ0n) is 10.3. The van der Waals surface area contributed by atoms with Gasteiger partial charge in [-0.25, -0.2) is 0 Å². The number of carbonyl (C=O) groups is 3. The van der Waals surface area contributed by atoms with Gasteiger partial charge in [-0.05, 0) is 25.0 Å². The summed E-state index contributed by atoms with van der Waals surface area (Å²) in [6.45, 7) is 0.479. The molecule has 98 valence electrons. The summed E-state index contributed by atoms with van der Waals surface area (Å²) in [6.07, 6.45) is 3.36. The lowest BCUT2D eigenvalue weighted by molar-refractivity contribution is -0.122. The van der Waals surface area contributed by atoms with Crippen molar-refractivity contribution in [3.63, 3.8) is 0 Å². The van der Waals surface area contributed by atoms with E-state index in [4.69, 9.17) is 0 Å². The van der Waals surface area contributed by atoms with Crippen molar-refractivity contribution in [2.75, 3.05) is 13.1 Å². The van der Waals surface area contributed by atoms with E-state index in [2.05, 4.69) is 10.3 Å². The van der Waals surface area contributed by atoms with E-state index in [0.29, 0.717) is 12.1 Å². The van der Waals surface area contributed by atoms with Crippen molar-refractivity contribution in [3.8, 4) is 0 Å². The minimum absolute atomic E-state index is 0.00901. The zero-order chi connectivity index (χ0) is 13.4. The van der Waals surface area contributed by atoms with Crippen LogP contribution in [-0.2, 0) is 4.79 Å². The first kappa shape index (κ1) is 11.8. The van der Waals surface area contributed by atoms with E-state index in [0.717, 1.165) is 17.7 Å². The van der Waals surface area contributed by atoms with Gasteiger partial charge in [-0.1, -0.05) is 0 Å². The number of hydrogen-bond donors (Lipinski definition) is 1. The van der Waals surface area contributed by atoms with Gasteiger partial charge in [0.2, 0.25) is 5.91 Å². The van der Waals surface area contributed by atoms with Crippen molar-refractivity contribution < 1.29 is 14.4 Å². The number of nitrogens with one attached hydrogen (secondary N) is 1. The Hall–Kier alpha value is -2.24. The molecule has 1 aliphatic carbocycles. The molecular formula is C13H13N3O3.